The van der Waals surface area contributed by atoms with Crippen molar-refractivity contribution in [2.45, 2.75) is 51.6 Å². The molecule has 1 aromatic heterocycles. The number of thioether (sulfide) groups is 1. The second kappa shape index (κ2) is 9.15. The molecule has 22 heavy (non-hydrogen) atoms. The van der Waals surface area contributed by atoms with E-state index in [0.29, 0.717) is 24.8 Å². The van der Waals surface area contributed by atoms with Crippen molar-refractivity contribution in [3.8, 4) is 0 Å². The zero-order valence-electron chi connectivity index (χ0n) is 13.4. The molecule has 2 rings (SSSR count). The Balaban J connectivity index is 2.05. The second-order valence-electron chi connectivity index (χ2n) is 5.64. The fourth-order valence-corrected chi connectivity index (χ4v) is 3.55. The number of carbonyl (C=O) groups is 1. The Hall–Kier alpha value is -1.08. The molecule has 6 nitrogen and oxygen atoms in total. The maximum absolute atomic E-state index is 12.8. The zero-order valence-corrected chi connectivity index (χ0v) is 14.2. The fraction of sp³-hybridized carbons (Fsp3) is 0.800. The van der Waals surface area contributed by atoms with Crippen molar-refractivity contribution in [1.82, 2.24) is 19.9 Å². The van der Waals surface area contributed by atoms with Crippen molar-refractivity contribution in [2.75, 3.05) is 24.6 Å². The van der Waals surface area contributed by atoms with Crippen molar-refractivity contribution in [3.63, 3.8) is 0 Å². The molecule has 1 amide bonds. The minimum atomic E-state index is 0.0203. The van der Waals surface area contributed by atoms with E-state index >= 15 is 0 Å². The Morgan fingerprint density at radius 3 is 2.91 bits per heavy atom. The summed E-state index contributed by atoms with van der Waals surface area (Å²) >= 11 is 1.87. The molecule has 0 atom stereocenters. The molecule has 0 saturated heterocycles. The summed E-state index contributed by atoms with van der Waals surface area (Å²) in [4.78, 5) is 14.9. The van der Waals surface area contributed by atoms with Gasteiger partial charge < -0.3 is 10.6 Å². The maximum Gasteiger partial charge on any atom is 0.276 e. The summed E-state index contributed by atoms with van der Waals surface area (Å²) in [7, 11) is 0. The van der Waals surface area contributed by atoms with Gasteiger partial charge in [-0.15, -0.1) is 5.10 Å². The van der Waals surface area contributed by atoms with Gasteiger partial charge in [0.2, 0.25) is 0 Å². The average molecular weight is 325 g/mol. The lowest BCUT2D eigenvalue weighted by Crippen LogP contribution is -2.43. The first-order chi connectivity index (χ1) is 10.8. The smallest absolute Gasteiger partial charge is 0.276 e. The maximum atomic E-state index is 12.8. The largest absolute Gasteiger partial charge is 0.333 e. The number of nitrogens with zero attached hydrogens (tertiary/aromatic N) is 4. The number of carbonyl (C=O) groups excluding carboxylic acids is 1. The third-order valence-corrected chi connectivity index (χ3v) is 4.95. The van der Waals surface area contributed by atoms with E-state index < -0.39 is 0 Å². The van der Waals surface area contributed by atoms with E-state index in [1.807, 2.05) is 16.7 Å². The van der Waals surface area contributed by atoms with Gasteiger partial charge in [-0.05, 0) is 18.6 Å². The summed E-state index contributed by atoms with van der Waals surface area (Å²) in [5, 5.41) is 8.02. The first kappa shape index (κ1) is 17.3. The van der Waals surface area contributed by atoms with E-state index in [9.17, 15) is 4.79 Å². The molecular weight excluding hydrogens is 298 g/mol. The van der Waals surface area contributed by atoms with Crippen LogP contribution in [0.1, 0.15) is 49.5 Å². The predicted octanol–water partition coefficient (Wildman–Crippen LogP) is 1.76. The van der Waals surface area contributed by atoms with E-state index in [4.69, 9.17) is 5.73 Å². The summed E-state index contributed by atoms with van der Waals surface area (Å²) in [6.45, 7) is 4.04. The van der Waals surface area contributed by atoms with E-state index in [-0.39, 0.29) is 5.91 Å². The summed E-state index contributed by atoms with van der Waals surface area (Å²) < 4.78 is 1.65. The number of amides is 1. The van der Waals surface area contributed by atoms with E-state index in [1.165, 1.54) is 19.3 Å². The molecule has 0 radical (unpaired) electrons. The molecule has 124 valence electrons. The zero-order chi connectivity index (χ0) is 15.8. The van der Waals surface area contributed by atoms with Gasteiger partial charge in [-0.2, -0.15) is 11.8 Å². The summed E-state index contributed by atoms with van der Waals surface area (Å²) in [6, 6.07) is 0.360. The summed E-state index contributed by atoms with van der Waals surface area (Å²) in [6.07, 6.45) is 7.66. The number of hydrogen-bond acceptors (Lipinski definition) is 5. The van der Waals surface area contributed by atoms with Crippen LogP contribution in [0.2, 0.25) is 0 Å². The van der Waals surface area contributed by atoms with Gasteiger partial charge in [0.1, 0.15) is 0 Å². The molecule has 0 aliphatic heterocycles. The minimum Gasteiger partial charge on any atom is -0.333 e. The molecular formula is C15H27N5OS. The van der Waals surface area contributed by atoms with Crippen molar-refractivity contribution >= 4 is 17.7 Å². The second-order valence-corrected chi connectivity index (χ2v) is 7.04. The quantitative estimate of drug-likeness (QED) is 0.737. The molecule has 0 spiro atoms. The Bertz CT molecular complexity index is 459. The van der Waals surface area contributed by atoms with Crippen molar-refractivity contribution < 1.29 is 4.79 Å². The minimum absolute atomic E-state index is 0.0203. The van der Waals surface area contributed by atoms with Crippen LogP contribution in [-0.2, 0) is 6.54 Å². The van der Waals surface area contributed by atoms with Crippen LogP contribution in [0.25, 0.3) is 0 Å². The number of nitrogens with two attached hydrogens (primary N) is 1. The van der Waals surface area contributed by atoms with Crippen LogP contribution in [-0.4, -0.2) is 56.4 Å². The monoisotopic (exact) mass is 325 g/mol. The van der Waals surface area contributed by atoms with E-state index in [0.717, 1.165) is 30.9 Å². The standard InChI is InChI=1S/C15H27N5OS/c1-2-22-11-10-20(13-6-4-3-5-7-13)15(21)14-12-19(9-8-16)18-17-14/h12-13H,2-11,16H2,1H3. The third-order valence-electron chi connectivity index (χ3n) is 4.07. The molecule has 2 N–H and O–H groups in total. The highest BCUT2D eigenvalue weighted by molar-refractivity contribution is 7.99. The van der Waals surface area contributed by atoms with Gasteiger partial charge in [0.25, 0.3) is 5.91 Å². The molecule has 1 saturated carbocycles. The first-order valence-electron chi connectivity index (χ1n) is 8.25. The van der Waals surface area contributed by atoms with Crippen molar-refractivity contribution in [2.24, 2.45) is 5.73 Å². The lowest BCUT2D eigenvalue weighted by atomic mass is 9.94. The topological polar surface area (TPSA) is 77.0 Å². The normalized spacial score (nSPS) is 15.9. The Morgan fingerprint density at radius 1 is 1.45 bits per heavy atom. The highest BCUT2D eigenvalue weighted by Crippen LogP contribution is 2.24. The summed E-state index contributed by atoms with van der Waals surface area (Å²) in [5.41, 5.74) is 5.96. The van der Waals surface area contributed by atoms with Gasteiger partial charge >= 0.3 is 0 Å². The molecule has 0 unspecified atom stereocenters. The van der Waals surface area contributed by atoms with E-state index in [2.05, 4.69) is 17.2 Å². The number of hydrogen-bond donors (Lipinski definition) is 1. The molecule has 1 fully saturated rings. The van der Waals surface area contributed by atoms with Crippen LogP contribution in [0.3, 0.4) is 0 Å². The van der Waals surface area contributed by atoms with Gasteiger partial charge in [-0.1, -0.05) is 31.4 Å². The molecule has 1 aliphatic rings. The SMILES string of the molecule is CCSCCN(C(=O)c1cn(CCN)nn1)C1CCCCC1. The van der Waals surface area contributed by atoms with Crippen LogP contribution in [0.4, 0.5) is 0 Å². The Kier molecular flexibility index (Phi) is 7.18. The molecule has 0 bridgehead atoms. The highest BCUT2D eigenvalue weighted by atomic mass is 32.2. The predicted molar refractivity (Wildman–Crippen MR) is 90.0 cm³/mol. The average Bonchev–Trinajstić information content (AvgIpc) is 3.01. The first-order valence-corrected chi connectivity index (χ1v) is 9.40. The van der Waals surface area contributed by atoms with Crippen molar-refractivity contribution in [1.29, 1.82) is 0 Å². The van der Waals surface area contributed by atoms with Gasteiger partial charge in [0.15, 0.2) is 5.69 Å². The van der Waals surface area contributed by atoms with Crippen LogP contribution >= 0.6 is 11.8 Å². The molecule has 1 aromatic rings. The molecule has 1 aliphatic carbocycles. The molecule has 0 aromatic carbocycles. The van der Waals surface area contributed by atoms with Crippen LogP contribution in [0, 0.1) is 0 Å². The lowest BCUT2D eigenvalue weighted by molar-refractivity contribution is 0.0644. The number of aromatic nitrogens is 3. The Labute approximate surface area is 136 Å². The van der Waals surface area contributed by atoms with Crippen LogP contribution < -0.4 is 5.73 Å². The highest BCUT2D eigenvalue weighted by Gasteiger charge is 2.27. The summed E-state index contributed by atoms with van der Waals surface area (Å²) in [5.74, 6) is 2.08. The van der Waals surface area contributed by atoms with Gasteiger partial charge in [0.05, 0.1) is 12.7 Å². The van der Waals surface area contributed by atoms with E-state index in [1.54, 1.807) is 10.9 Å². The molecule has 7 heteroatoms. The third kappa shape index (κ3) is 4.71. The Morgan fingerprint density at radius 2 is 2.23 bits per heavy atom. The van der Waals surface area contributed by atoms with Crippen LogP contribution in [0.5, 0.6) is 0 Å². The van der Waals surface area contributed by atoms with Gasteiger partial charge in [0, 0.05) is 24.9 Å². The molecule has 1 heterocycles. The van der Waals surface area contributed by atoms with Gasteiger partial charge in [-0.25, -0.2) is 0 Å². The van der Waals surface area contributed by atoms with Crippen LogP contribution in [0.15, 0.2) is 6.20 Å². The fourth-order valence-electron chi connectivity index (χ4n) is 2.93. The van der Waals surface area contributed by atoms with Crippen molar-refractivity contribution in [3.05, 3.63) is 11.9 Å². The number of rotatable bonds is 8. The van der Waals surface area contributed by atoms with Gasteiger partial charge in [-0.3, -0.25) is 9.48 Å². The lowest BCUT2D eigenvalue weighted by Gasteiger charge is -2.33.